The molecule has 128 valence electrons. The standard InChI is InChI=1S/C13H17ClN2O6S/c1-7(2)12(13(18)19)16-23(20,21)10-5-8(14)3-4-9(10)22-6-11(15)17/h3-5,7,12,16H,6H2,1-2H3,(H2,15,17)(H,18,19)/t12-/m0/s1. The summed E-state index contributed by atoms with van der Waals surface area (Å²) in [4.78, 5) is 21.6. The van der Waals surface area contributed by atoms with E-state index in [1.807, 2.05) is 0 Å². The largest absolute Gasteiger partial charge is 0.482 e. The van der Waals surface area contributed by atoms with Crippen molar-refractivity contribution in [2.75, 3.05) is 6.61 Å². The minimum absolute atomic E-state index is 0.105. The van der Waals surface area contributed by atoms with Crippen LogP contribution in [0.15, 0.2) is 23.1 Å². The van der Waals surface area contributed by atoms with Crippen molar-refractivity contribution >= 4 is 33.5 Å². The van der Waals surface area contributed by atoms with E-state index in [-0.39, 0.29) is 15.7 Å². The van der Waals surface area contributed by atoms with Crippen molar-refractivity contribution in [1.82, 2.24) is 4.72 Å². The van der Waals surface area contributed by atoms with Gasteiger partial charge in [0.25, 0.3) is 5.91 Å². The molecule has 0 aliphatic carbocycles. The Bertz CT molecular complexity index is 704. The molecule has 0 aromatic heterocycles. The number of hydrogen-bond acceptors (Lipinski definition) is 5. The molecule has 0 fully saturated rings. The van der Waals surface area contributed by atoms with Crippen molar-refractivity contribution in [3.05, 3.63) is 23.2 Å². The van der Waals surface area contributed by atoms with Gasteiger partial charge in [-0.1, -0.05) is 25.4 Å². The topological polar surface area (TPSA) is 136 Å². The van der Waals surface area contributed by atoms with Crippen molar-refractivity contribution in [3.63, 3.8) is 0 Å². The highest BCUT2D eigenvalue weighted by atomic mass is 35.5. The summed E-state index contributed by atoms with van der Waals surface area (Å²) in [5.41, 5.74) is 4.96. The first-order chi connectivity index (χ1) is 10.5. The number of nitrogens with two attached hydrogens (primary N) is 1. The van der Waals surface area contributed by atoms with Gasteiger partial charge in [0.15, 0.2) is 6.61 Å². The Morgan fingerprint density at radius 1 is 1.39 bits per heavy atom. The molecule has 0 heterocycles. The van der Waals surface area contributed by atoms with Crippen LogP contribution in [0.3, 0.4) is 0 Å². The zero-order valence-electron chi connectivity index (χ0n) is 12.4. The van der Waals surface area contributed by atoms with Gasteiger partial charge >= 0.3 is 5.97 Å². The lowest BCUT2D eigenvalue weighted by Gasteiger charge is -2.19. The molecule has 0 bridgehead atoms. The predicted molar refractivity (Wildman–Crippen MR) is 82.7 cm³/mol. The molecule has 1 amide bonds. The zero-order valence-corrected chi connectivity index (χ0v) is 14.0. The number of primary amides is 1. The highest BCUT2D eigenvalue weighted by Gasteiger charge is 2.30. The van der Waals surface area contributed by atoms with E-state index in [2.05, 4.69) is 4.72 Å². The van der Waals surface area contributed by atoms with Gasteiger partial charge in [-0.25, -0.2) is 8.42 Å². The summed E-state index contributed by atoms with van der Waals surface area (Å²) in [5.74, 6) is -2.75. The first-order valence-electron chi connectivity index (χ1n) is 6.50. The van der Waals surface area contributed by atoms with Crippen molar-refractivity contribution in [2.24, 2.45) is 11.7 Å². The number of amides is 1. The van der Waals surface area contributed by atoms with Crippen LogP contribution < -0.4 is 15.2 Å². The summed E-state index contributed by atoms with van der Waals surface area (Å²) in [6, 6.07) is 2.39. The van der Waals surface area contributed by atoms with Crippen molar-refractivity contribution in [1.29, 1.82) is 0 Å². The maximum atomic E-state index is 12.4. The Morgan fingerprint density at radius 2 is 2.00 bits per heavy atom. The normalized spacial score (nSPS) is 12.9. The van der Waals surface area contributed by atoms with E-state index >= 15 is 0 Å². The van der Waals surface area contributed by atoms with E-state index in [1.165, 1.54) is 12.1 Å². The molecule has 1 aromatic rings. The number of carboxylic acid groups (broad SMARTS) is 1. The van der Waals surface area contributed by atoms with Gasteiger partial charge in [-0.3, -0.25) is 9.59 Å². The van der Waals surface area contributed by atoms with Crippen LogP contribution in [0.5, 0.6) is 5.75 Å². The fraction of sp³-hybridized carbons (Fsp3) is 0.385. The molecule has 0 aliphatic rings. The third-order valence-corrected chi connectivity index (χ3v) is 4.48. The molecule has 0 spiro atoms. The number of halogens is 1. The molecule has 0 saturated heterocycles. The Labute approximate surface area is 138 Å². The van der Waals surface area contributed by atoms with E-state index in [4.69, 9.17) is 27.2 Å². The summed E-state index contributed by atoms with van der Waals surface area (Å²) < 4.78 is 32.0. The molecule has 1 rings (SSSR count). The Balaban J connectivity index is 3.23. The van der Waals surface area contributed by atoms with Crippen molar-refractivity contribution < 1.29 is 27.9 Å². The number of aliphatic carboxylic acids is 1. The van der Waals surface area contributed by atoms with E-state index in [0.29, 0.717) is 0 Å². The quantitative estimate of drug-likeness (QED) is 0.617. The minimum atomic E-state index is -4.24. The monoisotopic (exact) mass is 364 g/mol. The minimum Gasteiger partial charge on any atom is -0.482 e. The van der Waals surface area contributed by atoms with Crippen LogP contribution in [0.2, 0.25) is 5.02 Å². The highest BCUT2D eigenvalue weighted by molar-refractivity contribution is 7.89. The lowest BCUT2D eigenvalue weighted by atomic mass is 10.1. The Hall–Kier alpha value is -1.84. The predicted octanol–water partition coefficient (Wildman–Crippen LogP) is 0.592. The lowest BCUT2D eigenvalue weighted by Crippen LogP contribution is -2.44. The molecule has 8 nitrogen and oxygen atoms in total. The van der Waals surface area contributed by atoms with E-state index in [9.17, 15) is 18.0 Å². The van der Waals surface area contributed by atoms with Gasteiger partial charge in [0.2, 0.25) is 10.0 Å². The van der Waals surface area contributed by atoms with Crippen LogP contribution in [0.4, 0.5) is 0 Å². The molecular weight excluding hydrogens is 348 g/mol. The fourth-order valence-corrected chi connectivity index (χ4v) is 3.41. The second-order valence-corrected chi connectivity index (χ2v) is 7.15. The van der Waals surface area contributed by atoms with E-state index < -0.39 is 40.5 Å². The highest BCUT2D eigenvalue weighted by Crippen LogP contribution is 2.27. The molecular formula is C13H17ClN2O6S. The summed E-state index contributed by atoms with van der Waals surface area (Å²) >= 11 is 5.79. The average Bonchev–Trinajstić information content (AvgIpc) is 2.42. The molecule has 0 unspecified atom stereocenters. The van der Waals surface area contributed by atoms with Crippen molar-refractivity contribution in [2.45, 2.75) is 24.8 Å². The second-order valence-electron chi connectivity index (χ2n) is 5.03. The van der Waals surface area contributed by atoms with Gasteiger partial charge in [-0.05, 0) is 24.1 Å². The number of sulfonamides is 1. The van der Waals surface area contributed by atoms with Crippen LogP contribution in [-0.2, 0) is 19.6 Å². The van der Waals surface area contributed by atoms with Gasteiger partial charge in [0.05, 0.1) is 0 Å². The van der Waals surface area contributed by atoms with E-state index in [1.54, 1.807) is 13.8 Å². The van der Waals surface area contributed by atoms with Crippen LogP contribution >= 0.6 is 11.6 Å². The lowest BCUT2D eigenvalue weighted by molar-refractivity contribution is -0.140. The first kappa shape index (κ1) is 19.2. The van der Waals surface area contributed by atoms with Gasteiger partial charge in [0.1, 0.15) is 16.7 Å². The molecule has 0 saturated carbocycles. The zero-order chi connectivity index (χ0) is 17.8. The van der Waals surface area contributed by atoms with Gasteiger partial charge in [0, 0.05) is 5.02 Å². The first-order valence-corrected chi connectivity index (χ1v) is 8.36. The van der Waals surface area contributed by atoms with Crippen LogP contribution in [0.25, 0.3) is 0 Å². The summed E-state index contributed by atoms with van der Waals surface area (Å²) in [7, 11) is -4.24. The third-order valence-electron chi connectivity index (χ3n) is 2.78. The molecule has 1 aromatic carbocycles. The second kappa shape index (κ2) is 7.62. The average molecular weight is 365 g/mol. The number of hydrogen-bond donors (Lipinski definition) is 3. The number of nitrogens with one attached hydrogen (secondary N) is 1. The number of benzene rings is 1. The van der Waals surface area contributed by atoms with E-state index in [0.717, 1.165) is 6.07 Å². The third kappa shape index (κ3) is 5.38. The van der Waals surface area contributed by atoms with Crippen LogP contribution in [0, 0.1) is 5.92 Å². The van der Waals surface area contributed by atoms with Crippen LogP contribution in [0.1, 0.15) is 13.8 Å². The molecule has 4 N–H and O–H groups in total. The number of carboxylic acids is 1. The van der Waals surface area contributed by atoms with Gasteiger partial charge < -0.3 is 15.6 Å². The summed E-state index contributed by atoms with van der Waals surface area (Å²) in [6.45, 7) is 2.59. The molecule has 0 aliphatic heterocycles. The number of rotatable bonds is 8. The number of ether oxygens (including phenoxy) is 1. The maximum Gasteiger partial charge on any atom is 0.322 e. The Kier molecular flexibility index (Phi) is 6.37. The van der Waals surface area contributed by atoms with Gasteiger partial charge in [-0.2, -0.15) is 4.72 Å². The summed E-state index contributed by atoms with van der Waals surface area (Å²) in [5, 5.41) is 9.21. The SMILES string of the molecule is CC(C)[C@H](NS(=O)(=O)c1cc(Cl)ccc1OCC(N)=O)C(=O)O. The molecule has 10 heteroatoms. The maximum absolute atomic E-state index is 12.4. The molecule has 1 atom stereocenters. The Morgan fingerprint density at radius 3 is 2.48 bits per heavy atom. The number of carbonyl (C=O) groups is 2. The fourth-order valence-electron chi connectivity index (χ4n) is 1.66. The van der Waals surface area contributed by atoms with Crippen LogP contribution in [-0.4, -0.2) is 38.0 Å². The number of carbonyl (C=O) groups excluding carboxylic acids is 1. The summed E-state index contributed by atoms with van der Waals surface area (Å²) in [6.07, 6.45) is 0. The van der Waals surface area contributed by atoms with Gasteiger partial charge in [-0.15, -0.1) is 0 Å². The molecule has 23 heavy (non-hydrogen) atoms. The smallest absolute Gasteiger partial charge is 0.322 e. The van der Waals surface area contributed by atoms with Crippen molar-refractivity contribution in [3.8, 4) is 5.75 Å². The molecule has 0 radical (unpaired) electrons.